The number of nitrogens with zero attached hydrogens (tertiary/aromatic N) is 4. The molecule has 20 heavy (non-hydrogen) atoms. The summed E-state index contributed by atoms with van der Waals surface area (Å²) in [7, 11) is 0. The van der Waals surface area contributed by atoms with Gasteiger partial charge >= 0.3 is 6.18 Å². The molecule has 0 aliphatic heterocycles. The molecule has 106 valence electrons. The number of halogens is 3. The number of rotatable bonds is 4. The van der Waals surface area contributed by atoms with E-state index in [1.807, 2.05) is 0 Å². The Hall–Kier alpha value is -1.96. The van der Waals surface area contributed by atoms with Crippen molar-refractivity contribution < 1.29 is 13.2 Å². The van der Waals surface area contributed by atoms with Crippen molar-refractivity contribution in [3.63, 3.8) is 0 Å². The van der Waals surface area contributed by atoms with Gasteiger partial charge in [0, 0.05) is 18.8 Å². The number of alkyl halides is 3. The van der Waals surface area contributed by atoms with E-state index in [1.54, 1.807) is 6.20 Å². The Balaban J connectivity index is 1.71. The Kier molecular flexibility index (Phi) is 3.17. The van der Waals surface area contributed by atoms with E-state index in [4.69, 9.17) is 0 Å². The molecule has 2 aromatic heterocycles. The molecule has 2 aromatic rings. The smallest absolute Gasteiger partial charge is 0.308 e. The third-order valence-electron chi connectivity index (χ3n) is 2.96. The van der Waals surface area contributed by atoms with Crippen molar-refractivity contribution in [3.8, 4) is 5.82 Å². The molecule has 0 aromatic carbocycles. The Morgan fingerprint density at radius 2 is 2.05 bits per heavy atom. The molecule has 1 aliphatic rings. The van der Waals surface area contributed by atoms with Gasteiger partial charge in [-0.1, -0.05) is 0 Å². The van der Waals surface area contributed by atoms with Crippen molar-refractivity contribution in [2.75, 3.05) is 0 Å². The van der Waals surface area contributed by atoms with E-state index in [2.05, 4.69) is 20.4 Å². The summed E-state index contributed by atoms with van der Waals surface area (Å²) in [5, 5.41) is 6.72. The molecular weight excluding hydrogens is 271 g/mol. The normalized spacial score (nSPS) is 15.6. The molecule has 0 saturated heterocycles. The fourth-order valence-electron chi connectivity index (χ4n) is 1.70. The quantitative estimate of drug-likeness (QED) is 0.931. The highest BCUT2D eigenvalue weighted by molar-refractivity contribution is 5.19. The van der Waals surface area contributed by atoms with Crippen LogP contribution in [0.15, 0.2) is 24.7 Å². The molecule has 1 aliphatic carbocycles. The molecule has 1 saturated carbocycles. The van der Waals surface area contributed by atoms with Crippen molar-refractivity contribution >= 4 is 0 Å². The standard InChI is InChI=1S/C12H12F3N5/c13-12(14,15)10-3-4-20(19-10)11-7-17-9(6-18-11)5-16-8-1-2-8/h3-4,6-8,16H,1-2,5H2. The van der Waals surface area contributed by atoms with Crippen molar-refractivity contribution in [2.45, 2.75) is 31.6 Å². The minimum Gasteiger partial charge on any atom is -0.308 e. The first-order valence-corrected chi connectivity index (χ1v) is 6.20. The average molecular weight is 283 g/mol. The fourth-order valence-corrected chi connectivity index (χ4v) is 1.70. The van der Waals surface area contributed by atoms with Gasteiger partial charge in [-0.05, 0) is 18.9 Å². The zero-order valence-electron chi connectivity index (χ0n) is 10.4. The second-order valence-corrected chi connectivity index (χ2v) is 4.66. The predicted molar refractivity (Wildman–Crippen MR) is 64.0 cm³/mol. The molecule has 0 atom stereocenters. The van der Waals surface area contributed by atoms with Crippen LogP contribution in [0.1, 0.15) is 24.2 Å². The van der Waals surface area contributed by atoms with E-state index in [9.17, 15) is 13.2 Å². The average Bonchev–Trinajstić information content (AvgIpc) is 3.09. The molecular formula is C12H12F3N5. The van der Waals surface area contributed by atoms with Gasteiger partial charge in [0.05, 0.1) is 18.1 Å². The Bertz CT molecular complexity index is 586. The zero-order valence-corrected chi connectivity index (χ0v) is 10.4. The first-order valence-electron chi connectivity index (χ1n) is 6.20. The third kappa shape index (κ3) is 2.96. The molecule has 0 amide bonds. The minimum atomic E-state index is -4.45. The highest BCUT2D eigenvalue weighted by Crippen LogP contribution is 2.27. The van der Waals surface area contributed by atoms with Gasteiger partial charge < -0.3 is 5.32 Å². The molecule has 5 nitrogen and oxygen atoms in total. The molecule has 3 rings (SSSR count). The van der Waals surface area contributed by atoms with Crippen LogP contribution < -0.4 is 5.32 Å². The summed E-state index contributed by atoms with van der Waals surface area (Å²) in [5.74, 6) is 0.260. The van der Waals surface area contributed by atoms with Crippen molar-refractivity contribution in [3.05, 3.63) is 36.0 Å². The minimum absolute atomic E-state index is 0.260. The van der Waals surface area contributed by atoms with Crippen LogP contribution in [0, 0.1) is 0 Å². The van der Waals surface area contributed by atoms with Gasteiger partial charge in [0.2, 0.25) is 0 Å². The van der Waals surface area contributed by atoms with Gasteiger partial charge in [0.15, 0.2) is 11.5 Å². The summed E-state index contributed by atoms with van der Waals surface area (Å²) in [5.41, 5.74) is -0.192. The Labute approximate surface area is 112 Å². The van der Waals surface area contributed by atoms with Crippen LogP contribution in [-0.2, 0) is 12.7 Å². The molecule has 0 unspecified atom stereocenters. The van der Waals surface area contributed by atoms with Crippen LogP contribution in [0.3, 0.4) is 0 Å². The highest BCUT2D eigenvalue weighted by atomic mass is 19.4. The first-order chi connectivity index (χ1) is 9.52. The monoisotopic (exact) mass is 283 g/mol. The van der Waals surface area contributed by atoms with Crippen LogP contribution >= 0.6 is 0 Å². The summed E-state index contributed by atoms with van der Waals surface area (Å²) in [6.07, 6.45) is 2.08. The zero-order chi connectivity index (χ0) is 14.2. The second kappa shape index (κ2) is 4.86. The second-order valence-electron chi connectivity index (χ2n) is 4.66. The molecule has 1 N–H and O–H groups in total. The molecule has 2 heterocycles. The summed E-state index contributed by atoms with van der Waals surface area (Å²) >= 11 is 0. The third-order valence-corrected chi connectivity index (χ3v) is 2.96. The van der Waals surface area contributed by atoms with E-state index in [0.717, 1.165) is 16.4 Å². The van der Waals surface area contributed by atoms with Gasteiger partial charge in [-0.15, -0.1) is 0 Å². The van der Waals surface area contributed by atoms with Gasteiger partial charge in [-0.3, -0.25) is 4.98 Å². The maximum absolute atomic E-state index is 12.4. The van der Waals surface area contributed by atoms with E-state index in [-0.39, 0.29) is 5.82 Å². The van der Waals surface area contributed by atoms with Crippen LogP contribution in [0.2, 0.25) is 0 Å². The lowest BCUT2D eigenvalue weighted by atomic mass is 10.4. The van der Waals surface area contributed by atoms with Crippen molar-refractivity contribution in [2.24, 2.45) is 0 Å². The summed E-state index contributed by atoms with van der Waals surface area (Å²) in [6.45, 7) is 0.616. The SMILES string of the molecule is FC(F)(F)c1ccn(-c2cnc(CNC3CC3)cn2)n1. The largest absolute Gasteiger partial charge is 0.435 e. The van der Waals surface area contributed by atoms with E-state index < -0.39 is 11.9 Å². The van der Waals surface area contributed by atoms with Crippen LogP contribution in [0.5, 0.6) is 0 Å². The van der Waals surface area contributed by atoms with Crippen LogP contribution in [-0.4, -0.2) is 25.8 Å². The molecule has 8 heteroatoms. The molecule has 1 fully saturated rings. The molecule has 0 spiro atoms. The lowest BCUT2D eigenvalue weighted by Gasteiger charge is -2.04. The van der Waals surface area contributed by atoms with Gasteiger partial charge in [0.25, 0.3) is 0 Å². The summed E-state index contributed by atoms with van der Waals surface area (Å²) in [4.78, 5) is 8.23. The van der Waals surface area contributed by atoms with Gasteiger partial charge in [0.1, 0.15) is 0 Å². The Morgan fingerprint density at radius 3 is 2.60 bits per heavy atom. The number of hydrogen-bond donors (Lipinski definition) is 1. The molecule has 0 bridgehead atoms. The van der Waals surface area contributed by atoms with Crippen molar-refractivity contribution in [1.29, 1.82) is 0 Å². The Morgan fingerprint density at radius 1 is 1.25 bits per heavy atom. The lowest BCUT2D eigenvalue weighted by Crippen LogP contribution is -2.16. The maximum Gasteiger partial charge on any atom is 0.435 e. The van der Waals surface area contributed by atoms with E-state index in [0.29, 0.717) is 12.6 Å². The van der Waals surface area contributed by atoms with Crippen LogP contribution in [0.25, 0.3) is 5.82 Å². The van der Waals surface area contributed by atoms with Gasteiger partial charge in [-0.2, -0.15) is 18.3 Å². The number of aromatic nitrogens is 4. The van der Waals surface area contributed by atoms with Gasteiger partial charge in [-0.25, -0.2) is 9.67 Å². The van der Waals surface area contributed by atoms with E-state index >= 15 is 0 Å². The number of nitrogens with one attached hydrogen (secondary N) is 1. The fraction of sp³-hybridized carbons (Fsp3) is 0.417. The number of hydrogen-bond acceptors (Lipinski definition) is 4. The lowest BCUT2D eigenvalue weighted by molar-refractivity contribution is -0.141. The summed E-state index contributed by atoms with van der Waals surface area (Å²) in [6, 6.07) is 1.47. The van der Waals surface area contributed by atoms with Crippen molar-refractivity contribution in [1.82, 2.24) is 25.1 Å². The summed E-state index contributed by atoms with van der Waals surface area (Å²) < 4.78 is 38.4. The van der Waals surface area contributed by atoms with Crippen LogP contribution in [0.4, 0.5) is 13.2 Å². The maximum atomic E-state index is 12.4. The van der Waals surface area contributed by atoms with E-state index in [1.165, 1.54) is 25.2 Å². The molecule has 0 radical (unpaired) electrons. The highest BCUT2D eigenvalue weighted by Gasteiger charge is 2.33. The topological polar surface area (TPSA) is 55.6 Å². The first kappa shape index (κ1) is 13.0. The predicted octanol–water partition coefficient (Wildman–Crippen LogP) is 1.93.